The smallest absolute Gasteiger partial charge is 0.226 e. The fourth-order valence-corrected chi connectivity index (χ4v) is 4.45. The van der Waals surface area contributed by atoms with Crippen molar-refractivity contribution in [3.8, 4) is 0 Å². The van der Waals surface area contributed by atoms with E-state index in [0.717, 1.165) is 50.6 Å². The largest absolute Gasteiger partial charge is 0.383 e. The van der Waals surface area contributed by atoms with E-state index in [1.54, 1.807) is 7.11 Å². The van der Waals surface area contributed by atoms with Gasteiger partial charge in [-0.2, -0.15) is 0 Å². The predicted molar refractivity (Wildman–Crippen MR) is 101 cm³/mol. The summed E-state index contributed by atoms with van der Waals surface area (Å²) in [4.78, 5) is 17.3. The van der Waals surface area contributed by atoms with Crippen LogP contribution in [-0.4, -0.2) is 61.6 Å². The second-order valence-electron chi connectivity index (χ2n) is 7.47. The summed E-state index contributed by atoms with van der Waals surface area (Å²) in [6, 6.07) is 10.8. The molecule has 0 aromatic heterocycles. The maximum absolute atomic E-state index is 12.6. The van der Waals surface area contributed by atoms with Gasteiger partial charge in [0.2, 0.25) is 5.91 Å². The predicted octanol–water partition coefficient (Wildman–Crippen LogP) is 2.97. The van der Waals surface area contributed by atoms with E-state index < -0.39 is 0 Å². The van der Waals surface area contributed by atoms with E-state index in [9.17, 15) is 4.79 Å². The number of hydrogen-bond donors (Lipinski definition) is 0. The minimum atomic E-state index is 0.282. The molecule has 0 radical (unpaired) electrons. The summed E-state index contributed by atoms with van der Waals surface area (Å²) in [6.07, 6.45) is 6.81. The summed E-state index contributed by atoms with van der Waals surface area (Å²) in [6.45, 7) is 4.93. The van der Waals surface area contributed by atoms with Gasteiger partial charge in [-0.15, -0.1) is 0 Å². The molecule has 3 rings (SSSR count). The minimum Gasteiger partial charge on any atom is -0.383 e. The normalized spacial score (nSPS) is 22.9. The fraction of sp³-hybridized carbons (Fsp3) is 0.667. The van der Waals surface area contributed by atoms with Gasteiger partial charge in [0.1, 0.15) is 0 Å². The van der Waals surface area contributed by atoms with Gasteiger partial charge in [-0.1, -0.05) is 36.8 Å². The van der Waals surface area contributed by atoms with Gasteiger partial charge in [-0.3, -0.25) is 9.69 Å². The molecule has 4 heteroatoms. The first kappa shape index (κ1) is 18.4. The number of hydrogen-bond acceptors (Lipinski definition) is 3. The van der Waals surface area contributed by atoms with Gasteiger partial charge in [0.05, 0.1) is 13.0 Å². The highest BCUT2D eigenvalue weighted by molar-refractivity contribution is 5.78. The van der Waals surface area contributed by atoms with Crippen molar-refractivity contribution in [3.05, 3.63) is 35.9 Å². The number of methoxy groups -OCH3 is 1. The topological polar surface area (TPSA) is 32.8 Å². The van der Waals surface area contributed by atoms with Crippen LogP contribution < -0.4 is 0 Å². The Morgan fingerprint density at radius 3 is 2.56 bits per heavy atom. The van der Waals surface area contributed by atoms with Crippen molar-refractivity contribution in [1.82, 2.24) is 9.80 Å². The number of carbonyl (C=O) groups is 1. The highest BCUT2D eigenvalue weighted by atomic mass is 16.5. The number of amides is 1. The Kier molecular flexibility index (Phi) is 6.88. The van der Waals surface area contributed by atoms with Crippen LogP contribution in [0, 0.1) is 5.92 Å². The van der Waals surface area contributed by atoms with Gasteiger partial charge in [0.25, 0.3) is 0 Å². The Hall–Kier alpha value is -1.39. The summed E-state index contributed by atoms with van der Waals surface area (Å²) < 4.78 is 5.29. The molecule has 0 spiro atoms. The van der Waals surface area contributed by atoms with E-state index in [0.29, 0.717) is 12.5 Å². The van der Waals surface area contributed by atoms with E-state index in [4.69, 9.17) is 4.74 Å². The van der Waals surface area contributed by atoms with Gasteiger partial charge in [0, 0.05) is 32.8 Å². The van der Waals surface area contributed by atoms with Crippen molar-refractivity contribution in [3.63, 3.8) is 0 Å². The molecule has 25 heavy (non-hydrogen) atoms. The highest BCUT2D eigenvalue weighted by Gasteiger charge is 2.33. The third kappa shape index (κ3) is 5.05. The van der Waals surface area contributed by atoms with Gasteiger partial charge in [-0.05, 0) is 43.7 Å². The molecular weight excluding hydrogens is 312 g/mol. The summed E-state index contributed by atoms with van der Waals surface area (Å²) in [5, 5.41) is 0. The molecule has 0 saturated carbocycles. The molecule has 4 nitrogen and oxygen atoms in total. The second kappa shape index (κ2) is 9.35. The summed E-state index contributed by atoms with van der Waals surface area (Å²) >= 11 is 0. The fourth-order valence-electron chi connectivity index (χ4n) is 4.45. The molecule has 0 N–H and O–H groups in total. The monoisotopic (exact) mass is 344 g/mol. The lowest BCUT2D eigenvalue weighted by Crippen LogP contribution is -2.49. The summed E-state index contributed by atoms with van der Waals surface area (Å²) in [5.41, 5.74) is 1.12. The maximum Gasteiger partial charge on any atom is 0.226 e. The molecule has 1 atom stereocenters. The van der Waals surface area contributed by atoms with Crippen LogP contribution in [0.25, 0.3) is 0 Å². The van der Waals surface area contributed by atoms with Crippen LogP contribution in [0.1, 0.15) is 37.7 Å². The molecule has 0 bridgehead atoms. The van der Waals surface area contributed by atoms with Crippen LogP contribution in [-0.2, 0) is 16.0 Å². The molecule has 2 heterocycles. The molecule has 2 saturated heterocycles. The number of rotatable bonds is 6. The molecule has 0 aliphatic carbocycles. The lowest BCUT2D eigenvalue weighted by Gasteiger charge is -2.43. The Bertz CT molecular complexity index is 526. The number of benzene rings is 1. The van der Waals surface area contributed by atoms with E-state index in [-0.39, 0.29) is 5.91 Å². The van der Waals surface area contributed by atoms with E-state index in [2.05, 4.69) is 9.80 Å². The quantitative estimate of drug-likeness (QED) is 0.795. The third-order valence-corrected chi connectivity index (χ3v) is 5.88. The average molecular weight is 344 g/mol. The van der Waals surface area contributed by atoms with Crippen molar-refractivity contribution in [2.24, 2.45) is 5.92 Å². The lowest BCUT2D eigenvalue weighted by molar-refractivity contribution is -0.132. The van der Waals surface area contributed by atoms with E-state index in [1.165, 1.54) is 25.8 Å². The van der Waals surface area contributed by atoms with Crippen LogP contribution >= 0.6 is 0 Å². The molecule has 1 aromatic rings. The van der Waals surface area contributed by atoms with Gasteiger partial charge in [0.15, 0.2) is 0 Å². The van der Waals surface area contributed by atoms with Crippen molar-refractivity contribution in [2.45, 2.75) is 44.6 Å². The van der Waals surface area contributed by atoms with Crippen molar-refractivity contribution < 1.29 is 9.53 Å². The molecule has 2 aliphatic rings. The minimum absolute atomic E-state index is 0.282. The standard InChI is InChI=1S/C21H32N2O2/c1-25-16-15-22-12-6-5-9-20(22)19-10-13-23(14-11-19)21(24)17-18-7-3-2-4-8-18/h2-4,7-8,19-20H,5-6,9-17H2,1H3. The number of nitrogens with zero attached hydrogens (tertiary/aromatic N) is 2. The Morgan fingerprint density at radius 2 is 1.84 bits per heavy atom. The molecule has 1 unspecified atom stereocenters. The van der Waals surface area contributed by atoms with Crippen LogP contribution in [0.3, 0.4) is 0 Å². The summed E-state index contributed by atoms with van der Waals surface area (Å²) in [5.74, 6) is 1.02. The van der Waals surface area contributed by atoms with Crippen LogP contribution in [0.15, 0.2) is 30.3 Å². The van der Waals surface area contributed by atoms with Crippen molar-refractivity contribution in [2.75, 3.05) is 39.9 Å². The number of carbonyl (C=O) groups excluding carboxylic acids is 1. The molecule has 2 fully saturated rings. The van der Waals surface area contributed by atoms with Crippen molar-refractivity contribution in [1.29, 1.82) is 0 Å². The van der Waals surface area contributed by atoms with E-state index in [1.807, 2.05) is 30.3 Å². The van der Waals surface area contributed by atoms with E-state index >= 15 is 0 Å². The Labute approximate surface area is 152 Å². The highest BCUT2D eigenvalue weighted by Crippen LogP contribution is 2.30. The van der Waals surface area contributed by atoms with Crippen LogP contribution in [0.4, 0.5) is 0 Å². The zero-order valence-corrected chi connectivity index (χ0v) is 15.5. The molecular formula is C21H32N2O2. The second-order valence-corrected chi connectivity index (χ2v) is 7.47. The molecule has 1 aromatic carbocycles. The Balaban J connectivity index is 1.49. The van der Waals surface area contributed by atoms with Crippen LogP contribution in [0.2, 0.25) is 0 Å². The first-order valence-electron chi connectivity index (χ1n) is 9.82. The zero-order valence-electron chi connectivity index (χ0n) is 15.5. The van der Waals surface area contributed by atoms with Gasteiger partial charge < -0.3 is 9.64 Å². The SMILES string of the molecule is COCCN1CCCCC1C1CCN(C(=O)Cc2ccccc2)CC1. The average Bonchev–Trinajstić information content (AvgIpc) is 2.67. The molecule has 138 valence electrons. The maximum atomic E-state index is 12.6. The number of ether oxygens (including phenoxy) is 1. The van der Waals surface area contributed by atoms with Gasteiger partial charge in [-0.25, -0.2) is 0 Å². The van der Waals surface area contributed by atoms with Crippen LogP contribution in [0.5, 0.6) is 0 Å². The number of likely N-dealkylation sites (tertiary alicyclic amines) is 2. The zero-order chi connectivity index (χ0) is 17.5. The molecule has 1 amide bonds. The number of piperidine rings is 2. The lowest BCUT2D eigenvalue weighted by atomic mass is 9.83. The third-order valence-electron chi connectivity index (χ3n) is 5.88. The van der Waals surface area contributed by atoms with Crippen molar-refractivity contribution >= 4 is 5.91 Å². The summed E-state index contributed by atoms with van der Waals surface area (Å²) in [7, 11) is 1.79. The Morgan fingerprint density at radius 1 is 1.08 bits per heavy atom. The first-order valence-corrected chi connectivity index (χ1v) is 9.82. The first-order chi connectivity index (χ1) is 12.3. The van der Waals surface area contributed by atoms with Gasteiger partial charge >= 0.3 is 0 Å². The molecule has 2 aliphatic heterocycles.